The molecule has 0 aliphatic rings. The van der Waals surface area contributed by atoms with Crippen LogP contribution < -0.4 is 0 Å². The monoisotopic (exact) mass is 276 g/mol. The van der Waals surface area contributed by atoms with Gasteiger partial charge in [-0.1, -0.05) is 27.7 Å². The Labute approximate surface area is 123 Å². The van der Waals surface area contributed by atoms with Crippen molar-refractivity contribution in [2.75, 3.05) is 6.61 Å². The van der Waals surface area contributed by atoms with Crippen LogP contribution in [0.3, 0.4) is 0 Å². The molecule has 0 saturated carbocycles. The Hall–Kier alpha value is -1.31. The number of rotatable bonds is 6. The fourth-order valence-corrected chi connectivity index (χ4v) is 3.32. The number of carbonyl (C=O) groups is 1. The summed E-state index contributed by atoms with van der Waals surface area (Å²) in [5.74, 6) is -0.158. The Morgan fingerprint density at radius 2 is 1.25 bits per heavy atom. The van der Waals surface area contributed by atoms with Crippen LogP contribution in [0.2, 0.25) is 0 Å². The highest BCUT2D eigenvalue weighted by molar-refractivity contribution is 5.94. The molecule has 0 atom stereocenters. The van der Waals surface area contributed by atoms with Gasteiger partial charge in [-0.05, 0) is 67.3 Å². The van der Waals surface area contributed by atoms with Crippen LogP contribution in [0.25, 0.3) is 0 Å². The molecule has 112 valence electrons. The minimum atomic E-state index is -0.158. The molecule has 0 heterocycles. The standard InChI is InChI=1S/C18H28O2/c1-7-13-12(6)17(18(19)20-11-5)16(10-4)15(9-3)14(13)8-2/h7-11H2,1-6H3. The van der Waals surface area contributed by atoms with E-state index in [1.165, 1.54) is 22.3 Å². The van der Waals surface area contributed by atoms with E-state index in [1.54, 1.807) is 0 Å². The molecule has 0 aliphatic heterocycles. The second-order valence-corrected chi connectivity index (χ2v) is 5.05. The van der Waals surface area contributed by atoms with E-state index in [-0.39, 0.29) is 5.97 Å². The summed E-state index contributed by atoms with van der Waals surface area (Å²) in [5.41, 5.74) is 7.28. The molecule has 0 amide bonds. The van der Waals surface area contributed by atoms with Gasteiger partial charge in [0.15, 0.2) is 0 Å². The number of hydrogen-bond donors (Lipinski definition) is 0. The summed E-state index contributed by atoms with van der Waals surface area (Å²) in [6.07, 6.45) is 3.86. The number of esters is 1. The van der Waals surface area contributed by atoms with Crippen LogP contribution in [0, 0.1) is 6.92 Å². The summed E-state index contributed by atoms with van der Waals surface area (Å²) in [4.78, 5) is 12.4. The average molecular weight is 276 g/mol. The lowest BCUT2D eigenvalue weighted by atomic mass is 9.83. The fourth-order valence-electron chi connectivity index (χ4n) is 3.32. The molecule has 0 saturated heterocycles. The van der Waals surface area contributed by atoms with Crippen molar-refractivity contribution in [3.63, 3.8) is 0 Å². The second kappa shape index (κ2) is 7.47. The van der Waals surface area contributed by atoms with Crippen LogP contribution in [0.1, 0.15) is 72.8 Å². The molecule has 0 aliphatic carbocycles. The predicted molar refractivity (Wildman–Crippen MR) is 84.6 cm³/mol. The van der Waals surface area contributed by atoms with E-state index in [4.69, 9.17) is 4.74 Å². The highest BCUT2D eigenvalue weighted by atomic mass is 16.5. The molecule has 20 heavy (non-hydrogen) atoms. The molecule has 0 unspecified atom stereocenters. The van der Waals surface area contributed by atoms with Crippen molar-refractivity contribution in [1.82, 2.24) is 0 Å². The van der Waals surface area contributed by atoms with E-state index < -0.39 is 0 Å². The van der Waals surface area contributed by atoms with Gasteiger partial charge >= 0.3 is 5.97 Å². The van der Waals surface area contributed by atoms with Gasteiger partial charge < -0.3 is 4.74 Å². The lowest BCUT2D eigenvalue weighted by molar-refractivity contribution is 0.0524. The normalized spacial score (nSPS) is 10.7. The Morgan fingerprint density at radius 1 is 0.800 bits per heavy atom. The molecule has 2 heteroatoms. The van der Waals surface area contributed by atoms with Gasteiger partial charge in [-0.25, -0.2) is 4.79 Å². The molecule has 1 aromatic carbocycles. The Kier molecular flexibility index (Phi) is 6.25. The summed E-state index contributed by atoms with van der Waals surface area (Å²) in [6, 6.07) is 0. The average Bonchev–Trinajstić information content (AvgIpc) is 2.45. The molecule has 0 fully saturated rings. The van der Waals surface area contributed by atoms with Crippen molar-refractivity contribution in [2.24, 2.45) is 0 Å². The maximum atomic E-state index is 12.4. The number of benzene rings is 1. The molecule has 0 N–H and O–H groups in total. The van der Waals surface area contributed by atoms with Crippen molar-refractivity contribution < 1.29 is 9.53 Å². The zero-order valence-electron chi connectivity index (χ0n) is 13.9. The first-order valence-electron chi connectivity index (χ1n) is 7.90. The van der Waals surface area contributed by atoms with Gasteiger partial charge in [0.05, 0.1) is 12.2 Å². The maximum absolute atomic E-state index is 12.4. The van der Waals surface area contributed by atoms with Gasteiger partial charge in [-0.2, -0.15) is 0 Å². The third-order valence-corrected chi connectivity index (χ3v) is 4.12. The topological polar surface area (TPSA) is 26.3 Å². The molecule has 1 aromatic rings. The number of ether oxygens (including phenoxy) is 1. The van der Waals surface area contributed by atoms with Crippen LogP contribution in [0.15, 0.2) is 0 Å². The zero-order valence-corrected chi connectivity index (χ0v) is 13.9. The molecular formula is C18H28O2. The van der Waals surface area contributed by atoms with Gasteiger partial charge in [0.2, 0.25) is 0 Å². The van der Waals surface area contributed by atoms with E-state index in [0.717, 1.165) is 36.8 Å². The van der Waals surface area contributed by atoms with Gasteiger partial charge in [0.1, 0.15) is 0 Å². The molecule has 2 nitrogen and oxygen atoms in total. The molecule has 0 spiro atoms. The summed E-state index contributed by atoms with van der Waals surface area (Å²) in [7, 11) is 0. The smallest absolute Gasteiger partial charge is 0.338 e. The third-order valence-electron chi connectivity index (χ3n) is 4.12. The lowest BCUT2D eigenvalue weighted by Crippen LogP contribution is -2.16. The quantitative estimate of drug-likeness (QED) is 0.719. The first-order chi connectivity index (χ1) is 9.56. The zero-order chi connectivity index (χ0) is 15.3. The van der Waals surface area contributed by atoms with Crippen molar-refractivity contribution in [3.05, 3.63) is 33.4 Å². The highest BCUT2D eigenvalue weighted by Gasteiger charge is 2.23. The van der Waals surface area contributed by atoms with Crippen LogP contribution in [-0.4, -0.2) is 12.6 Å². The van der Waals surface area contributed by atoms with E-state index >= 15 is 0 Å². The molecule has 0 aromatic heterocycles. The minimum Gasteiger partial charge on any atom is -0.462 e. The maximum Gasteiger partial charge on any atom is 0.338 e. The third kappa shape index (κ3) is 2.89. The van der Waals surface area contributed by atoms with Crippen LogP contribution in [0.5, 0.6) is 0 Å². The Balaban J connectivity index is 3.69. The summed E-state index contributed by atoms with van der Waals surface area (Å²) in [6.45, 7) is 13.0. The first kappa shape index (κ1) is 16.7. The van der Waals surface area contributed by atoms with Crippen LogP contribution in [-0.2, 0) is 30.4 Å². The van der Waals surface area contributed by atoms with E-state index in [9.17, 15) is 4.79 Å². The van der Waals surface area contributed by atoms with Crippen molar-refractivity contribution >= 4 is 5.97 Å². The summed E-state index contributed by atoms with van der Waals surface area (Å²) in [5, 5.41) is 0. The van der Waals surface area contributed by atoms with Crippen molar-refractivity contribution in [3.8, 4) is 0 Å². The molecular weight excluding hydrogens is 248 g/mol. The number of hydrogen-bond acceptors (Lipinski definition) is 2. The van der Waals surface area contributed by atoms with Crippen molar-refractivity contribution in [2.45, 2.75) is 67.2 Å². The SMILES string of the molecule is CCOC(=O)c1c(C)c(CC)c(CC)c(CC)c1CC. The summed E-state index contributed by atoms with van der Waals surface area (Å²) < 4.78 is 5.28. The fraction of sp³-hybridized carbons (Fsp3) is 0.611. The van der Waals surface area contributed by atoms with E-state index in [2.05, 4.69) is 34.6 Å². The Bertz CT molecular complexity index is 487. The molecule has 0 radical (unpaired) electrons. The largest absolute Gasteiger partial charge is 0.462 e. The molecule has 0 bridgehead atoms. The van der Waals surface area contributed by atoms with Crippen LogP contribution >= 0.6 is 0 Å². The van der Waals surface area contributed by atoms with Crippen molar-refractivity contribution in [1.29, 1.82) is 0 Å². The van der Waals surface area contributed by atoms with E-state index in [1.807, 2.05) is 6.92 Å². The van der Waals surface area contributed by atoms with Gasteiger partial charge in [0, 0.05) is 0 Å². The number of carbonyl (C=O) groups excluding carboxylic acids is 1. The minimum absolute atomic E-state index is 0.158. The highest BCUT2D eigenvalue weighted by Crippen LogP contribution is 2.30. The Morgan fingerprint density at radius 3 is 1.65 bits per heavy atom. The lowest BCUT2D eigenvalue weighted by Gasteiger charge is -2.22. The second-order valence-electron chi connectivity index (χ2n) is 5.05. The predicted octanol–water partition coefficient (Wildman–Crippen LogP) is 4.42. The summed E-state index contributed by atoms with van der Waals surface area (Å²) >= 11 is 0. The van der Waals surface area contributed by atoms with Gasteiger partial charge in [0.25, 0.3) is 0 Å². The molecule has 1 rings (SSSR count). The van der Waals surface area contributed by atoms with Crippen LogP contribution in [0.4, 0.5) is 0 Å². The van der Waals surface area contributed by atoms with E-state index in [0.29, 0.717) is 6.61 Å². The van der Waals surface area contributed by atoms with Gasteiger partial charge in [-0.3, -0.25) is 0 Å². The van der Waals surface area contributed by atoms with Gasteiger partial charge in [-0.15, -0.1) is 0 Å². The first-order valence-corrected chi connectivity index (χ1v) is 7.90.